The molecule has 178 valence electrons. The number of aromatic nitrogens is 3. The highest BCUT2D eigenvalue weighted by Crippen LogP contribution is 2.23. The van der Waals surface area contributed by atoms with E-state index in [2.05, 4.69) is 42.1 Å². The van der Waals surface area contributed by atoms with Gasteiger partial charge in [0.1, 0.15) is 12.2 Å². The number of rotatable bonds is 9. The molecule has 0 unspecified atom stereocenters. The van der Waals surface area contributed by atoms with E-state index in [1.54, 1.807) is 0 Å². The Bertz CT molecular complexity index is 745. The van der Waals surface area contributed by atoms with Gasteiger partial charge in [0.25, 0.3) is 0 Å². The molecular formula is C23H40N8O. The van der Waals surface area contributed by atoms with Gasteiger partial charge in [-0.3, -0.25) is 14.7 Å². The van der Waals surface area contributed by atoms with Gasteiger partial charge in [0, 0.05) is 58.3 Å². The number of piperazine rings is 1. The van der Waals surface area contributed by atoms with E-state index >= 15 is 0 Å². The summed E-state index contributed by atoms with van der Waals surface area (Å²) in [7, 11) is 0. The van der Waals surface area contributed by atoms with Crippen molar-refractivity contribution in [1.29, 1.82) is 0 Å². The van der Waals surface area contributed by atoms with Crippen LogP contribution in [0.4, 0.5) is 0 Å². The highest BCUT2D eigenvalue weighted by molar-refractivity contribution is 5.80. The van der Waals surface area contributed by atoms with E-state index in [0.717, 1.165) is 82.8 Å². The Morgan fingerprint density at radius 3 is 2.62 bits per heavy atom. The number of amides is 1. The number of hydrogen-bond donors (Lipinski definition) is 2. The summed E-state index contributed by atoms with van der Waals surface area (Å²) in [5.74, 6) is 2.93. The molecule has 0 atom stereocenters. The number of nitrogens with zero attached hydrogens (tertiary/aromatic N) is 6. The third-order valence-electron chi connectivity index (χ3n) is 6.85. The van der Waals surface area contributed by atoms with Crippen molar-refractivity contribution in [3.8, 4) is 0 Å². The maximum Gasteiger partial charge on any atom is 0.234 e. The van der Waals surface area contributed by atoms with Gasteiger partial charge in [-0.2, -0.15) is 0 Å². The van der Waals surface area contributed by atoms with Crippen molar-refractivity contribution in [1.82, 2.24) is 35.2 Å². The Balaban J connectivity index is 1.29. The highest BCUT2D eigenvalue weighted by Gasteiger charge is 2.26. The number of nitrogens with one attached hydrogen (secondary N) is 2. The molecule has 9 nitrogen and oxygen atoms in total. The van der Waals surface area contributed by atoms with Gasteiger partial charge in [-0.05, 0) is 31.6 Å². The molecule has 1 aromatic heterocycles. The van der Waals surface area contributed by atoms with Gasteiger partial charge in [0.15, 0.2) is 5.96 Å². The number of aryl methyl sites for hydroxylation is 1. The Labute approximate surface area is 192 Å². The lowest BCUT2D eigenvalue weighted by Crippen LogP contribution is -2.54. The number of aliphatic imine (C=N–C) groups is 1. The van der Waals surface area contributed by atoms with Crippen LogP contribution in [0.15, 0.2) is 11.3 Å². The summed E-state index contributed by atoms with van der Waals surface area (Å²) in [5.41, 5.74) is 0. The molecule has 1 amide bonds. The Morgan fingerprint density at radius 2 is 1.91 bits per heavy atom. The van der Waals surface area contributed by atoms with E-state index in [4.69, 9.17) is 4.99 Å². The molecule has 2 aliphatic carbocycles. The number of guanidine groups is 1. The first-order valence-corrected chi connectivity index (χ1v) is 12.6. The number of carbonyl (C=O) groups is 1. The molecular weight excluding hydrogens is 404 g/mol. The molecule has 0 aromatic carbocycles. The zero-order valence-corrected chi connectivity index (χ0v) is 19.6. The van der Waals surface area contributed by atoms with Crippen molar-refractivity contribution in [3.63, 3.8) is 0 Å². The second-order valence-corrected chi connectivity index (χ2v) is 9.49. The van der Waals surface area contributed by atoms with E-state index in [1.807, 2.05) is 6.33 Å². The maximum absolute atomic E-state index is 12.1. The standard InChI is InChI=1S/C23H40N8O/c1-2-21-28-26-18-31(21)11-10-24-23(25-16-19-6-4-3-5-7-19)30-14-12-29(13-15-30)17-22(32)27-20-8-9-20/h18-20H,2-17H2,1H3,(H,24,25)(H,27,32). The minimum atomic E-state index is 0.172. The normalized spacial score (nSPS) is 21.0. The molecule has 2 heterocycles. The van der Waals surface area contributed by atoms with Gasteiger partial charge >= 0.3 is 0 Å². The first-order valence-electron chi connectivity index (χ1n) is 12.6. The fraction of sp³-hybridized carbons (Fsp3) is 0.826. The fourth-order valence-electron chi connectivity index (χ4n) is 4.70. The molecule has 0 bridgehead atoms. The highest BCUT2D eigenvalue weighted by atomic mass is 16.2. The predicted octanol–water partition coefficient (Wildman–Crippen LogP) is 1.26. The van der Waals surface area contributed by atoms with Crippen molar-refractivity contribution >= 4 is 11.9 Å². The molecule has 3 fully saturated rings. The van der Waals surface area contributed by atoms with Crippen LogP contribution in [-0.4, -0.2) is 88.3 Å². The SMILES string of the molecule is CCc1nncn1CCNC(=NCC1CCCCC1)N1CCN(CC(=O)NC2CC2)CC1. The third kappa shape index (κ3) is 6.92. The zero-order valence-electron chi connectivity index (χ0n) is 19.6. The fourth-order valence-corrected chi connectivity index (χ4v) is 4.70. The Hall–Kier alpha value is -2.16. The van der Waals surface area contributed by atoms with Crippen LogP contribution >= 0.6 is 0 Å². The van der Waals surface area contributed by atoms with E-state index in [9.17, 15) is 4.79 Å². The van der Waals surface area contributed by atoms with E-state index in [1.165, 1.54) is 32.1 Å². The summed E-state index contributed by atoms with van der Waals surface area (Å²) in [6, 6.07) is 0.436. The van der Waals surface area contributed by atoms with E-state index < -0.39 is 0 Å². The van der Waals surface area contributed by atoms with Crippen LogP contribution in [-0.2, 0) is 17.8 Å². The van der Waals surface area contributed by atoms with Gasteiger partial charge in [-0.25, -0.2) is 0 Å². The van der Waals surface area contributed by atoms with Crippen molar-refractivity contribution in [3.05, 3.63) is 12.2 Å². The predicted molar refractivity (Wildman–Crippen MR) is 125 cm³/mol. The zero-order chi connectivity index (χ0) is 22.2. The summed E-state index contributed by atoms with van der Waals surface area (Å²) in [6.07, 6.45) is 11.7. The van der Waals surface area contributed by atoms with Crippen LogP contribution in [0.2, 0.25) is 0 Å². The van der Waals surface area contributed by atoms with Gasteiger partial charge in [0.2, 0.25) is 5.91 Å². The molecule has 2 saturated carbocycles. The minimum Gasteiger partial charge on any atom is -0.354 e. The Kier molecular flexibility index (Phi) is 8.36. The first-order chi connectivity index (χ1) is 15.7. The average molecular weight is 445 g/mol. The third-order valence-corrected chi connectivity index (χ3v) is 6.85. The lowest BCUT2D eigenvalue weighted by Gasteiger charge is -2.36. The lowest BCUT2D eigenvalue weighted by atomic mass is 9.89. The van der Waals surface area contributed by atoms with Gasteiger partial charge in [0.05, 0.1) is 6.54 Å². The summed E-state index contributed by atoms with van der Waals surface area (Å²) in [5, 5.41) is 14.9. The summed E-state index contributed by atoms with van der Waals surface area (Å²) >= 11 is 0. The smallest absolute Gasteiger partial charge is 0.234 e. The molecule has 0 spiro atoms. The molecule has 1 aromatic rings. The Morgan fingerprint density at radius 1 is 1.12 bits per heavy atom. The second-order valence-electron chi connectivity index (χ2n) is 9.49. The van der Waals surface area contributed by atoms with Crippen molar-refractivity contribution in [2.24, 2.45) is 10.9 Å². The van der Waals surface area contributed by atoms with Crippen molar-refractivity contribution < 1.29 is 4.79 Å². The molecule has 9 heteroatoms. The van der Waals surface area contributed by atoms with Crippen molar-refractivity contribution in [2.75, 3.05) is 45.8 Å². The molecule has 3 aliphatic rings. The summed E-state index contributed by atoms with van der Waals surface area (Å²) in [4.78, 5) is 21.8. The topological polar surface area (TPSA) is 90.7 Å². The van der Waals surface area contributed by atoms with Gasteiger partial charge in [-0.1, -0.05) is 26.2 Å². The average Bonchev–Trinajstić information content (AvgIpc) is 3.51. The molecule has 1 saturated heterocycles. The van der Waals surface area contributed by atoms with Crippen molar-refractivity contribution in [2.45, 2.75) is 70.9 Å². The molecule has 1 aliphatic heterocycles. The summed E-state index contributed by atoms with van der Waals surface area (Å²) < 4.78 is 2.11. The van der Waals surface area contributed by atoms with Crippen LogP contribution in [0, 0.1) is 5.92 Å². The minimum absolute atomic E-state index is 0.172. The molecule has 4 rings (SSSR count). The van der Waals surface area contributed by atoms with Gasteiger partial charge in [-0.15, -0.1) is 10.2 Å². The largest absolute Gasteiger partial charge is 0.354 e. The first kappa shape index (κ1) is 23.0. The lowest BCUT2D eigenvalue weighted by molar-refractivity contribution is -0.122. The van der Waals surface area contributed by atoms with Crippen LogP contribution < -0.4 is 10.6 Å². The van der Waals surface area contributed by atoms with Crippen LogP contribution in [0.1, 0.15) is 57.7 Å². The maximum atomic E-state index is 12.1. The number of carbonyl (C=O) groups excluding carboxylic acids is 1. The molecule has 2 N–H and O–H groups in total. The number of hydrogen-bond acceptors (Lipinski definition) is 5. The quantitative estimate of drug-likeness (QED) is 0.440. The van der Waals surface area contributed by atoms with Gasteiger partial charge < -0.3 is 20.1 Å². The van der Waals surface area contributed by atoms with Crippen LogP contribution in [0.5, 0.6) is 0 Å². The monoisotopic (exact) mass is 444 g/mol. The molecule has 0 radical (unpaired) electrons. The van der Waals surface area contributed by atoms with Crippen LogP contribution in [0.25, 0.3) is 0 Å². The van der Waals surface area contributed by atoms with Crippen LogP contribution in [0.3, 0.4) is 0 Å². The summed E-state index contributed by atoms with van der Waals surface area (Å²) in [6.45, 7) is 8.77. The molecule has 32 heavy (non-hydrogen) atoms. The van der Waals surface area contributed by atoms with E-state index in [0.29, 0.717) is 12.6 Å². The second kappa shape index (κ2) is 11.6. The van der Waals surface area contributed by atoms with E-state index in [-0.39, 0.29) is 5.91 Å².